The summed E-state index contributed by atoms with van der Waals surface area (Å²) in [4.78, 5) is 27.9. The van der Waals surface area contributed by atoms with E-state index in [9.17, 15) is 9.59 Å². The van der Waals surface area contributed by atoms with Crippen LogP contribution in [0.2, 0.25) is 0 Å². The van der Waals surface area contributed by atoms with E-state index in [0.717, 1.165) is 24.4 Å². The van der Waals surface area contributed by atoms with Crippen LogP contribution in [0, 0.1) is 0 Å². The van der Waals surface area contributed by atoms with Gasteiger partial charge in [0.25, 0.3) is 0 Å². The lowest BCUT2D eigenvalue weighted by Crippen LogP contribution is -2.26. The molecule has 1 heterocycles. The third-order valence-electron chi connectivity index (χ3n) is 4.07. The highest BCUT2D eigenvalue weighted by atomic mass is 32.2. The minimum atomic E-state index is -0.232. The van der Waals surface area contributed by atoms with Crippen LogP contribution < -0.4 is 5.32 Å². The molecule has 2 aromatic rings. The Morgan fingerprint density at radius 3 is 2.78 bits per heavy atom. The van der Waals surface area contributed by atoms with Gasteiger partial charge in [-0.25, -0.2) is 9.67 Å². The maximum Gasteiger partial charge on any atom is 0.305 e. The predicted octanol–water partition coefficient (Wildman–Crippen LogP) is 2.70. The lowest BCUT2D eigenvalue weighted by atomic mass is 10.3. The molecular weight excluding hydrogens is 364 g/mol. The maximum atomic E-state index is 12.0. The number of amides is 1. The summed E-state index contributed by atoms with van der Waals surface area (Å²) in [5.41, 5.74) is 0.988. The van der Waals surface area contributed by atoms with Crippen molar-refractivity contribution in [3.63, 3.8) is 0 Å². The molecule has 0 unspecified atom stereocenters. The van der Waals surface area contributed by atoms with E-state index in [1.54, 1.807) is 6.92 Å². The molecule has 144 valence electrons. The molecule has 8 heteroatoms. The van der Waals surface area contributed by atoms with E-state index in [1.807, 2.05) is 35.0 Å². The largest absolute Gasteiger partial charge is 0.466 e. The number of ether oxygens (including phenoxy) is 1. The van der Waals surface area contributed by atoms with Crippen LogP contribution in [0.15, 0.2) is 35.5 Å². The Kier molecular flexibility index (Phi) is 6.86. The molecule has 0 radical (unpaired) electrons. The van der Waals surface area contributed by atoms with Crippen LogP contribution in [0.5, 0.6) is 0 Å². The second-order valence-electron chi connectivity index (χ2n) is 6.32. The van der Waals surface area contributed by atoms with Gasteiger partial charge in [0.1, 0.15) is 5.82 Å². The molecule has 1 N–H and O–H groups in total. The van der Waals surface area contributed by atoms with Crippen LogP contribution in [0.3, 0.4) is 0 Å². The first-order valence-electron chi connectivity index (χ1n) is 9.25. The number of esters is 1. The average molecular weight is 388 g/mol. The predicted molar refractivity (Wildman–Crippen MR) is 103 cm³/mol. The quantitative estimate of drug-likeness (QED) is 0.383. The topological polar surface area (TPSA) is 86.1 Å². The second kappa shape index (κ2) is 9.55. The number of hydrogen-bond acceptors (Lipinski definition) is 6. The molecule has 1 aromatic heterocycles. The molecule has 3 rings (SSSR count). The van der Waals surface area contributed by atoms with Gasteiger partial charge in [0.15, 0.2) is 0 Å². The number of carbonyl (C=O) groups is 2. The molecule has 1 aromatic carbocycles. The third kappa shape index (κ3) is 5.82. The smallest absolute Gasteiger partial charge is 0.305 e. The molecule has 7 nitrogen and oxygen atoms in total. The fourth-order valence-electron chi connectivity index (χ4n) is 2.61. The molecule has 0 spiro atoms. The Morgan fingerprint density at radius 1 is 1.30 bits per heavy atom. The first kappa shape index (κ1) is 19.4. The Bertz CT molecular complexity index is 775. The van der Waals surface area contributed by atoms with E-state index in [-0.39, 0.29) is 17.6 Å². The molecule has 1 amide bonds. The highest BCUT2D eigenvalue weighted by Crippen LogP contribution is 2.40. The van der Waals surface area contributed by atoms with Gasteiger partial charge >= 0.3 is 5.97 Å². The van der Waals surface area contributed by atoms with Crippen molar-refractivity contribution in [3.05, 3.63) is 36.2 Å². The summed E-state index contributed by atoms with van der Waals surface area (Å²) >= 11 is 1.33. The highest BCUT2D eigenvalue weighted by molar-refractivity contribution is 7.99. The summed E-state index contributed by atoms with van der Waals surface area (Å²) in [6.45, 7) is 2.61. The van der Waals surface area contributed by atoms with E-state index in [1.165, 1.54) is 11.8 Å². The van der Waals surface area contributed by atoms with Crippen molar-refractivity contribution in [1.29, 1.82) is 0 Å². The Morgan fingerprint density at radius 2 is 2.07 bits per heavy atom. The van der Waals surface area contributed by atoms with Gasteiger partial charge in [0, 0.05) is 18.9 Å². The Balaban J connectivity index is 1.48. The van der Waals surface area contributed by atoms with Crippen LogP contribution >= 0.6 is 11.8 Å². The third-order valence-corrected chi connectivity index (χ3v) is 4.91. The molecule has 0 aliphatic heterocycles. The van der Waals surface area contributed by atoms with Crippen LogP contribution in [-0.4, -0.2) is 45.5 Å². The van der Waals surface area contributed by atoms with Crippen molar-refractivity contribution in [2.24, 2.45) is 0 Å². The summed E-state index contributed by atoms with van der Waals surface area (Å²) in [6.07, 6.45) is 3.16. The number of aromatic nitrogens is 3. The molecule has 1 aliphatic rings. The number of rotatable bonds is 10. The zero-order chi connectivity index (χ0) is 19.1. The van der Waals surface area contributed by atoms with E-state index in [2.05, 4.69) is 15.4 Å². The summed E-state index contributed by atoms with van der Waals surface area (Å²) in [5.74, 6) is 1.36. The minimum Gasteiger partial charge on any atom is -0.466 e. The van der Waals surface area contributed by atoms with Gasteiger partial charge in [-0.1, -0.05) is 30.0 Å². The van der Waals surface area contributed by atoms with Gasteiger partial charge in [0.05, 0.1) is 18.0 Å². The molecular formula is C19H24N4O3S. The molecule has 0 bridgehead atoms. The molecule has 1 saturated carbocycles. The highest BCUT2D eigenvalue weighted by Gasteiger charge is 2.30. The lowest BCUT2D eigenvalue weighted by Gasteiger charge is -2.04. The first-order valence-corrected chi connectivity index (χ1v) is 10.2. The van der Waals surface area contributed by atoms with Crippen LogP contribution in [0.4, 0.5) is 0 Å². The van der Waals surface area contributed by atoms with Crippen molar-refractivity contribution in [2.75, 3.05) is 18.9 Å². The standard InChI is InChI=1S/C19H24N4O3S/c1-2-26-17(25)9-6-12-20-16(24)13-27-19-21-18(14-10-11-14)23(22-19)15-7-4-3-5-8-15/h3-5,7-8,14H,2,6,9-13H2,1H3,(H,20,24). The van der Waals surface area contributed by atoms with E-state index >= 15 is 0 Å². The van der Waals surface area contributed by atoms with Crippen LogP contribution in [0.1, 0.15) is 44.3 Å². The van der Waals surface area contributed by atoms with Crippen molar-refractivity contribution < 1.29 is 14.3 Å². The van der Waals surface area contributed by atoms with E-state index in [4.69, 9.17) is 4.74 Å². The molecule has 0 saturated heterocycles. The summed E-state index contributed by atoms with van der Waals surface area (Å²) in [5, 5.41) is 8.00. The minimum absolute atomic E-state index is 0.0899. The summed E-state index contributed by atoms with van der Waals surface area (Å²) < 4.78 is 6.74. The molecule has 1 fully saturated rings. The molecule has 1 aliphatic carbocycles. The van der Waals surface area contributed by atoms with Gasteiger partial charge < -0.3 is 10.1 Å². The number of carbonyl (C=O) groups excluding carboxylic acids is 2. The number of thioether (sulfide) groups is 1. The monoisotopic (exact) mass is 388 g/mol. The summed E-state index contributed by atoms with van der Waals surface area (Å²) in [7, 11) is 0. The zero-order valence-electron chi connectivity index (χ0n) is 15.4. The normalized spacial score (nSPS) is 13.4. The van der Waals surface area contributed by atoms with Crippen LogP contribution in [-0.2, 0) is 14.3 Å². The Hall–Kier alpha value is -2.35. The van der Waals surface area contributed by atoms with Gasteiger partial charge in [0.2, 0.25) is 11.1 Å². The molecule has 27 heavy (non-hydrogen) atoms. The first-order chi connectivity index (χ1) is 13.2. The van der Waals surface area contributed by atoms with E-state index in [0.29, 0.717) is 37.1 Å². The fraction of sp³-hybridized carbons (Fsp3) is 0.474. The number of para-hydroxylation sites is 1. The van der Waals surface area contributed by atoms with Crippen molar-refractivity contribution in [1.82, 2.24) is 20.1 Å². The van der Waals surface area contributed by atoms with E-state index < -0.39 is 0 Å². The van der Waals surface area contributed by atoms with Crippen molar-refractivity contribution >= 4 is 23.6 Å². The molecule has 0 atom stereocenters. The number of nitrogens with zero attached hydrogens (tertiary/aromatic N) is 3. The number of hydrogen-bond donors (Lipinski definition) is 1. The van der Waals surface area contributed by atoms with Crippen molar-refractivity contribution in [2.45, 2.75) is 43.7 Å². The number of benzene rings is 1. The van der Waals surface area contributed by atoms with Gasteiger partial charge in [-0.3, -0.25) is 9.59 Å². The maximum absolute atomic E-state index is 12.0. The van der Waals surface area contributed by atoms with Crippen LogP contribution in [0.25, 0.3) is 5.69 Å². The SMILES string of the molecule is CCOC(=O)CCCNC(=O)CSc1nc(C2CC2)n(-c2ccccc2)n1. The van der Waals surface area contributed by atoms with Crippen molar-refractivity contribution in [3.8, 4) is 5.69 Å². The number of nitrogens with one attached hydrogen (secondary N) is 1. The lowest BCUT2D eigenvalue weighted by molar-refractivity contribution is -0.143. The Labute approximate surface area is 162 Å². The fourth-order valence-corrected chi connectivity index (χ4v) is 3.27. The second-order valence-corrected chi connectivity index (χ2v) is 7.26. The van der Waals surface area contributed by atoms with Gasteiger partial charge in [-0.2, -0.15) is 0 Å². The average Bonchev–Trinajstić information content (AvgIpc) is 3.44. The van der Waals surface area contributed by atoms with Gasteiger partial charge in [-0.05, 0) is 38.3 Å². The summed E-state index contributed by atoms with van der Waals surface area (Å²) in [6, 6.07) is 9.93. The zero-order valence-corrected chi connectivity index (χ0v) is 16.2. The van der Waals surface area contributed by atoms with Gasteiger partial charge in [-0.15, -0.1) is 5.10 Å².